The van der Waals surface area contributed by atoms with E-state index in [1.54, 1.807) is 37.0 Å². The molecule has 3 aromatic heterocycles. The first-order valence-corrected chi connectivity index (χ1v) is 15.5. The van der Waals surface area contributed by atoms with Gasteiger partial charge in [-0.15, -0.1) is 11.3 Å². The number of Topliss-reactive ketones (excluding diaryl/α,β-unsaturated/α-hetero) is 1. The molecule has 0 saturated heterocycles. The Bertz CT molecular complexity index is 1820. The number of thiazole rings is 1. The second-order valence-corrected chi connectivity index (χ2v) is 14.2. The Morgan fingerprint density at radius 2 is 1.88 bits per heavy atom. The van der Waals surface area contributed by atoms with Crippen LogP contribution in [0.1, 0.15) is 52.1 Å². The summed E-state index contributed by atoms with van der Waals surface area (Å²) in [5, 5.41) is 7.30. The van der Waals surface area contributed by atoms with Gasteiger partial charge in [-0.25, -0.2) is 22.5 Å². The molecule has 0 radical (unpaired) electrons. The molecular formula is C28H25F4N5O3S2. The second kappa shape index (κ2) is 9.97. The van der Waals surface area contributed by atoms with E-state index in [1.807, 2.05) is 6.08 Å². The standard InChI is InChI=1S/C28H25F4N5O3S2/c1-16(42(39,40)22-13-34-36(2)15-22)17-3-4-19-9-23-18(12-35-37(23)21-7-5-20(29)6-8-21)11-27(19,10-17)25(38)26-33-14-24(41-26)28(30,31)32/h5-9,12-17H,3-4,10-11H2,1-2H3/t16-,17+,27-/m1/s1. The Morgan fingerprint density at radius 1 is 1.14 bits per heavy atom. The zero-order valence-corrected chi connectivity index (χ0v) is 24.1. The molecule has 42 heavy (non-hydrogen) atoms. The molecular weight excluding hydrogens is 594 g/mol. The highest BCUT2D eigenvalue weighted by molar-refractivity contribution is 7.92. The van der Waals surface area contributed by atoms with Gasteiger partial charge in [0, 0.05) is 13.2 Å². The number of benzene rings is 1. The van der Waals surface area contributed by atoms with Crippen LogP contribution in [0.15, 0.2) is 59.5 Å². The third kappa shape index (κ3) is 4.70. The molecule has 1 saturated carbocycles. The van der Waals surface area contributed by atoms with Gasteiger partial charge >= 0.3 is 6.18 Å². The van der Waals surface area contributed by atoms with Gasteiger partial charge in [-0.2, -0.15) is 23.4 Å². The van der Waals surface area contributed by atoms with Crippen LogP contribution in [0, 0.1) is 17.2 Å². The summed E-state index contributed by atoms with van der Waals surface area (Å²) in [5.74, 6) is -1.43. The van der Waals surface area contributed by atoms with E-state index in [0.717, 1.165) is 0 Å². The number of carbonyl (C=O) groups excluding carboxylic acids is 1. The molecule has 220 valence electrons. The average Bonchev–Trinajstić information content (AvgIpc) is 3.71. The number of nitrogens with zero attached hydrogens (tertiary/aromatic N) is 5. The van der Waals surface area contributed by atoms with Crippen molar-refractivity contribution in [2.24, 2.45) is 18.4 Å². The fourth-order valence-corrected chi connectivity index (χ4v) is 8.55. The molecule has 0 aliphatic heterocycles. The molecule has 3 heterocycles. The van der Waals surface area contributed by atoms with Crippen LogP contribution < -0.4 is 0 Å². The van der Waals surface area contributed by atoms with Crippen LogP contribution in [0.3, 0.4) is 0 Å². The van der Waals surface area contributed by atoms with Crippen molar-refractivity contribution < 1.29 is 30.8 Å². The monoisotopic (exact) mass is 619 g/mol. The molecule has 3 atom stereocenters. The lowest BCUT2D eigenvalue weighted by molar-refractivity contribution is -0.134. The number of sulfone groups is 1. The molecule has 0 unspecified atom stereocenters. The Kier molecular flexibility index (Phi) is 6.76. The molecule has 2 aliphatic carbocycles. The van der Waals surface area contributed by atoms with Gasteiger partial charge in [0.05, 0.1) is 40.6 Å². The third-order valence-electron chi connectivity index (χ3n) is 8.35. The third-order valence-corrected chi connectivity index (χ3v) is 11.6. The maximum Gasteiger partial charge on any atom is 0.427 e. The van der Waals surface area contributed by atoms with Gasteiger partial charge in [0.15, 0.2) is 14.8 Å². The highest BCUT2D eigenvalue weighted by Gasteiger charge is 2.52. The molecule has 4 aromatic rings. The minimum Gasteiger partial charge on any atom is -0.290 e. The molecule has 6 rings (SSSR count). The van der Waals surface area contributed by atoms with Gasteiger partial charge in [-0.1, -0.05) is 5.57 Å². The first-order valence-electron chi connectivity index (χ1n) is 13.1. The highest BCUT2D eigenvalue weighted by Crippen LogP contribution is 2.53. The predicted octanol–water partition coefficient (Wildman–Crippen LogP) is 5.69. The first-order chi connectivity index (χ1) is 19.8. The zero-order chi connectivity index (χ0) is 30.0. The summed E-state index contributed by atoms with van der Waals surface area (Å²) < 4.78 is 83.9. The first kappa shape index (κ1) is 28.5. The van der Waals surface area contributed by atoms with Crippen LogP contribution in [-0.2, 0) is 29.5 Å². The lowest BCUT2D eigenvalue weighted by Crippen LogP contribution is -2.45. The number of aryl methyl sites for hydroxylation is 1. The van der Waals surface area contributed by atoms with E-state index in [4.69, 9.17) is 0 Å². The normalized spacial score (nSPS) is 21.4. The van der Waals surface area contributed by atoms with Crippen molar-refractivity contribution in [2.45, 2.75) is 48.9 Å². The summed E-state index contributed by atoms with van der Waals surface area (Å²) in [6.07, 6.45) is 3.16. The van der Waals surface area contributed by atoms with E-state index in [0.29, 0.717) is 52.9 Å². The maximum absolute atomic E-state index is 14.2. The van der Waals surface area contributed by atoms with Crippen molar-refractivity contribution in [3.05, 3.63) is 81.6 Å². The van der Waals surface area contributed by atoms with Crippen LogP contribution in [0.2, 0.25) is 0 Å². The predicted molar refractivity (Wildman–Crippen MR) is 146 cm³/mol. The quantitative estimate of drug-likeness (QED) is 0.203. The molecule has 1 aromatic carbocycles. The summed E-state index contributed by atoms with van der Waals surface area (Å²) >= 11 is 0.293. The van der Waals surface area contributed by atoms with E-state index in [9.17, 15) is 30.8 Å². The Hall–Kier alpha value is -3.65. The molecule has 8 nitrogen and oxygen atoms in total. The van der Waals surface area contributed by atoms with Crippen molar-refractivity contribution in [3.63, 3.8) is 0 Å². The van der Waals surface area contributed by atoms with Crippen molar-refractivity contribution in [3.8, 4) is 5.69 Å². The number of halogens is 4. The number of allylic oxidation sites excluding steroid dienone is 1. The largest absolute Gasteiger partial charge is 0.427 e. The van der Waals surface area contributed by atoms with Crippen LogP contribution >= 0.6 is 11.3 Å². The smallest absolute Gasteiger partial charge is 0.290 e. The molecule has 1 fully saturated rings. The van der Waals surface area contributed by atoms with Gasteiger partial charge in [-0.3, -0.25) is 9.48 Å². The van der Waals surface area contributed by atoms with Gasteiger partial charge < -0.3 is 0 Å². The van der Waals surface area contributed by atoms with E-state index in [-0.39, 0.29) is 22.7 Å². The van der Waals surface area contributed by atoms with Gasteiger partial charge in [0.25, 0.3) is 0 Å². The minimum atomic E-state index is -4.65. The van der Waals surface area contributed by atoms with E-state index in [1.165, 1.54) is 29.2 Å². The molecule has 14 heteroatoms. The van der Waals surface area contributed by atoms with Gasteiger partial charge in [-0.05, 0) is 74.4 Å². The highest BCUT2D eigenvalue weighted by atomic mass is 32.2. The van der Waals surface area contributed by atoms with Crippen LogP contribution in [0.25, 0.3) is 11.8 Å². The number of hydrogen-bond acceptors (Lipinski definition) is 7. The van der Waals surface area contributed by atoms with E-state index < -0.39 is 49.1 Å². The van der Waals surface area contributed by atoms with Crippen molar-refractivity contribution in [1.82, 2.24) is 24.5 Å². The SMILES string of the molecule is C[C@H]([C@H]1CCC2=Cc3c(cnn3-c3ccc(F)cc3)C[C@]2(C(=O)c2ncc(C(F)(F)F)s2)C1)S(=O)(=O)c1cnn(C)c1. The van der Waals surface area contributed by atoms with Crippen LogP contribution in [0.4, 0.5) is 17.6 Å². The number of ketones is 1. The summed E-state index contributed by atoms with van der Waals surface area (Å²) in [5.41, 5.74) is 1.35. The van der Waals surface area contributed by atoms with E-state index in [2.05, 4.69) is 15.2 Å². The number of carbonyl (C=O) groups is 1. The molecule has 0 bridgehead atoms. The Labute approximate surface area is 242 Å². The topological polar surface area (TPSA) is 99.7 Å². The molecule has 0 amide bonds. The van der Waals surface area contributed by atoms with Crippen molar-refractivity contribution in [1.29, 1.82) is 0 Å². The van der Waals surface area contributed by atoms with Crippen molar-refractivity contribution in [2.75, 3.05) is 0 Å². The number of hydrogen-bond donors (Lipinski definition) is 0. The average molecular weight is 620 g/mol. The van der Waals surface area contributed by atoms with Crippen molar-refractivity contribution >= 4 is 33.0 Å². The number of aromatic nitrogens is 5. The van der Waals surface area contributed by atoms with Gasteiger partial charge in [0.1, 0.15) is 15.6 Å². The Balaban J connectivity index is 1.42. The van der Waals surface area contributed by atoms with Gasteiger partial charge in [0.2, 0.25) is 5.78 Å². The summed E-state index contributed by atoms with van der Waals surface area (Å²) in [4.78, 5) is 17.2. The fourth-order valence-electron chi connectivity index (χ4n) is 6.06. The lowest BCUT2D eigenvalue weighted by atomic mass is 9.59. The lowest BCUT2D eigenvalue weighted by Gasteiger charge is -2.45. The summed E-state index contributed by atoms with van der Waals surface area (Å²) in [6.45, 7) is 1.60. The fraction of sp³-hybridized carbons (Fsp3) is 0.357. The zero-order valence-electron chi connectivity index (χ0n) is 22.5. The molecule has 0 N–H and O–H groups in total. The maximum atomic E-state index is 14.2. The Morgan fingerprint density at radius 3 is 2.52 bits per heavy atom. The summed E-state index contributed by atoms with van der Waals surface area (Å²) in [6, 6.07) is 5.76. The number of alkyl halides is 3. The number of rotatable bonds is 6. The molecule has 0 spiro atoms. The minimum absolute atomic E-state index is 0.0699. The number of fused-ring (bicyclic) bond motifs is 2. The second-order valence-electron chi connectivity index (χ2n) is 10.8. The summed E-state index contributed by atoms with van der Waals surface area (Å²) in [7, 11) is -2.19. The van der Waals surface area contributed by atoms with Crippen LogP contribution in [0.5, 0.6) is 0 Å². The van der Waals surface area contributed by atoms with E-state index >= 15 is 0 Å². The van der Waals surface area contributed by atoms with Crippen LogP contribution in [-0.4, -0.2) is 44.0 Å². The molecule has 2 aliphatic rings.